The molecular weight excluding hydrogens is 256 g/mol. The molecular formula is C14H18N4O2. The Morgan fingerprint density at radius 2 is 1.95 bits per heavy atom. The predicted octanol–water partition coefficient (Wildman–Crippen LogP) is 1.91. The van der Waals surface area contributed by atoms with Crippen molar-refractivity contribution in [3.05, 3.63) is 41.5 Å². The number of aromatic nitrogens is 4. The molecule has 0 unspecified atom stereocenters. The highest BCUT2D eigenvalue weighted by atomic mass is 16.4. The van der Waals surface area contributed by atoms with E-state index in [0.29, 0.717) is 12.2 Å². The highest BCUT2D eigenvalue weighted by Crippen LogP contribution is 2.24. The van der Waals surface area contributed by atoms with Crippen molar-refractivity contribution in [3.63, 3.8) is 0 Å². The number of rotatable bonds is 4. The van der Waals surface area contributed by atoms with Gasteiger partial charge in [-0.2, -0.15) is 0 Å². The number of nitrogens with zero attached hydrogens (tertiary/aromatic N) is 4. The summed E-state index contributed by atoms with van der Waals surface area (Å²) < 4.78 is 1.68. The van der Waals surface area contributed by atoms with Crippen LogP contribution in [0.1, 0.15) is 42.5 Å². The van der Waals surface area contributed by atoms with E-state index in [-0.39, 0.29) is 11.1 Å². The zero-order chi connectivity index (χ0) is 14.8. The number of hydrogen-bond acceptors (Lipinski definition) is 4. The molecule has 6 heteroatoms. The number of carboxylic acid groups (broad SMARTS) is 1. The molecule has 20 heavy (non-hydrogen) atoms. The van der Waals surface area contributed by atoms with E-state index in [1.165, 1.54) is 0 Å². The Morgan fingerprint density at radius 1 is 1.30 bits per heavy atom. The third-order valence-corrected chi connectivity index (χ3v) is 3.01. The first-order valence-corrected chi connectivity index (χ1v) is 6.46. The van der Waals surface area contributed by atoms with E-state index in [2.05, 4.69) is 15.3 Å². The molecule has 106 valence electrons. The van der Waals surface area contributed by atoms with E-state index in [1.807, 2.05) is 32.9 Å². The maximum atomic E-state index is 11.2. The van der Waals surface area contributed by atoms with Crippen LogP contribution >= 0.6 is 0 Å². The summed E-state index contributed by atoms with van der Waals surface area (Å²) in [5, 5.41) is 17.0. The molecule has 0 aliphatic carbocycles. The maximum Gasteiger partial charge on any atom is 0.358 e. The third kappa shape index (κ3) is 3.01. The molecule has 0 bridgehead atoms. The highest BCUT2D eigenvalue weighted by molar-refractivity contribution is 5.86. The summed E-state index contributed by atoms with van der Waals surface area (Å²) in [5.41, 5.74) is 1.49. The second-order valence-corrected chi connectivity index (χ2v) is 5.67. The van der Waals surface area contributed by atoms with Crippen molar-refractivity contribution in [2.75, 3.05) is 0 Å². The van der Waals surface area contributed by atoms with Crippen LogP contribution in [-0.4, -0.2) is 31.1 Å². The molecule has 0 aliphatic rings. The van der Waals surface area contributed by atoms with Crippen molar-refractivity contribution >= 4 is 5.97 Å². The number of hydrogen-bond donors (Lipinski definition) is 1. The van der Waals surface area contributed by atoms with Gasteiger partial charge in [0.2, 0.25) is 0 Å². The third-order valence-electron chi connectivity index (χ3n) is 3.01. The standard InChI is InChI=1S/C14H18N4O2/c1-14(2,3)12-11(13(19)20)16-17-18(12)9-6-10-4-7-15-8-5-10/h4-5,7-8H,6,9H2,1-3H3,(H,19,20). The van der Waals surface area contributed by atoms with Gasteiger partial charge < -0.3 is 5.11 Å². The van der Waals surface area contributed by atoms with Gasteiger partial charge in [-0.1, -0.05) is 26.0 Å². The van der Waals surface area contributed by atoms with Crippen LogP contribution in [0, 0.1) is 0 Å². The van der Waals surface area contributed by atoms with Crippen molar-refractivity contribution in [2.45, 2.75) is 39.2 Å². The minimum Gasteiger partial charge on any atom is -0.476 e. The molecule has 2 heterocycles. The molecule has 0 aliphatic heterocycles. The Balaban J connectivity index is 2.26. The Morgan fingerprint density at radius 3 is 2.50 bits per heavy atom. The zero-order valence-corrected chi connectivity index (χ0v) is 11.9. The van der Waals surface area contributed by atoms with Crippen LogP contribution in [-0.2, 0) is 18.4 Å². The molecule has 0 fully saturated rings. The first kappa shape index (κ1) is 14.2. The van der Waals surface area contributed by atoms with Crippen LogP contribution in [0.2, 0.25) is 0 Å². The topological polar surface area (TPSA) is 80.9 Å². The van der Waals surface area contributed by atoms with Crippen molar-refractivity contribution < 1.29 is 9.90 Å². The summed E-state index contributed by atoms with van der Waals surface area (Å²) in [4.78, 5) is 15.2. The lowest BCUT2D eigenvalue weighted by molar-refractivity contribution is 0.0687. The van der Waals surface area contributed by atoms with Crippen LogP contribution in [0.25, 0.3) is 0 Å². The number of aryl methyl sites for hydroxylation is 2. The fourth-order valence-electron chi connectivity index (χ4n) is 2.14. The Bertz CT molecular complexity index is 599. The number of aromatic carboxylic acids is 1. The Kier molecular flexibility index (Phi) is 3.83. The van der Waals surface area contributed by atoms with E-state index in [1.54, 1.807) is 17.1 Å². The van der Waals surface area contributed by atoms with Gasteiger partial charge in [-0.15, -0.1) is 5.10 Å². The average molecular weight is 274 g/mol. The summed E-state index contributed by atoms with van der Waals surface area (Å²) in [7, 11) is 0. The zero-order valence-electron chi connectivity index (χ0n) is 11.9. The first-order valence-electron chi connectivity index (χ1n) is 6.46. The van der Waals surface area contributed by atoms with Crippen LogP contribution in [0.5, 0.6) is 0 Å². The molecule has 1 N–H and O–H groups in total. The van der Waals surface area contributed by atoms with Crippen molar-refractivity contribution in [1.29, 1.82) is 0 Å². The first-order chi connectivity index (χ1) is 9.39. The van der Waals surface area contributed by atoms with Gasteiger partial charge in [0.1, 0.15) is 0 Å². The average Bonchev–Trinajstić information content (AvgIpc) is 2.81. The Labute approximate surface area is 117 Å². The van der Waals surface area contributed by atoms with Crippen LogP contribution < -0.4 is 0 Å². The molecule has 0 radical (unpaired) electrons. The van der Waals surface area contributed by atoms with Gasteiger partial charge in [-0.3, -0.25) is 4.98 Å². The summed E-state index contributed by atoms with van der Waals surface area (Å²) in [6.07, 6.45) is 4.24. The van der Waals surface area contributed by atoms with Crippen molar-refractivity contribution in [3.8, 4) is 0 Å². The highest BCUT2D eigenvalue weighted by Gasteiger charge is 2.28. The van der Waals surface area contributed by atoms with Gasteiger partial charge in [0.25, 0.3) is 0 Å². The maximum absolute atomic E-state index is 11.2. The molecule has 2 aromatic rings. The molecule has 2 rings (SSSR count). The van der Waals surface area contributed by atoms with Gasteiger partial charge in [-0.25, -0.2) is 9.48 Å². The van der Waals surface area contributed by atoms with Gasteiger partial charge in [-0.05, 0) is 24.1 Å². The fourth-order valence-corrected chi connectivity index (χ4v) is 2.14. The molecule has 0 atom stereocenters. The van der Waals surface area contributed by atoms with E-state index < -0.39 is 5.97 Å². The monoisotopic (exact) mass is 274 g/mol. The largest absolute Gasteiger partial charge is 0.476 e. The van der Waals surface area contributed by atoms with Crippen molar-refractivity contribution in [2.24, 2.45) is 0 Å². The minimum absolute atomic E-state index is 0.0345. The second-order valence-electron chi connectivity index (χ2n) is 5.67. The minimum atomic E-state index is -1.04. The number of carboxylic acids is 1. The van der Waals surface area contributed by atoms with E-state index >= 15 is 0 Å². The SMILES string of the molecule is CC(C)(C)c1c(C(=O)O)nnn1CCc1ccncc1. The molecule has 0 spiro atoms. The normalized spacial score (nSPS) is 11.6. The van der Waals surface area contributed by atoms with Gasteiger partial charge in [0, 0.05) is 24.4 Å². The van der Waals surface area contributed by atoms with Gasteiger partial charge in [0.05, 0.1) is 5.69 Å². The summed E-state index contributed by atoms with van der Waals surface area (Å²) in [6.45, 7) is 6.47. The lowest BCUT2D eigenvalue weighted by Crippen LogP contribution is -2.22. The van der Waals surface area contributed by atoms with E-state index in [4.69, 9.17) is 0 Å². The Hall–Kier alpha value is -2.24. The molecule has 2 aromatic heterocycles. The van der Waals surface area contributed by atoms with Crippen molar-refractivity contribution in [1.82, 2.24) is 20.0 Å². The lowest BCUT2D eigenvalue weighted by atomic mass is 9.90. The molecule has 0 amide bonds. The van der Waals surface area contributed by atoms with Crippen LogP contribution in [0.4, 0.5) is 0 Å². The van der Waals surface area contributed by atoms with E-state index in [9.17, 15) is 9.90 Å². The quantitative estimate of drug-likeness (QED) is 0.921. The number of carbonyl (C=O) groups is 1. The van der Waals surface area contributed by atoms with Crippen LogP contribution in [0.3, 0.4) is 0 Å². The lowest BCUT2D eigenvalue weighted by Gasteiger charge is -2.20. The second kappa shape index (κ2) is 5.40. The summed E-state index contributed by atoms with van der Waals surface area (Å²) >= 11 is 0. The van der Waals surface area contributed by atoms with Gasteiger partial charge in [0.15, 0.2) is 5.69 Å². The molecule has 0 aromatic carbocycles. The van der Waals surface area contributed by atoms with Crippen LogP contribution in [0.15, 0.2) is 24.5 Å². The fraction of sp³-hybridized carbons (Fsp3) is 0.429. The number of pyridine rings is 1. The smallest absolute Gasteiger partial charge is 0.358 e. The molecule has 0 saturated carbocycles. The predicted molar refractivity (Wildman–Crippen MR) is 73.6 cm³/mol. The summed E-state index contributed by atoms with van der Waals surface area (Å²) in [5.74, 6) is -1.04. The summed E-state index contributed by atoms with van der Waals surface area (Å²) in [6, 6.07) is 3.87. The van der Waals surface area contributed by atoms with Gasteiger partial charge >= 0.3 is 5.97 Å². The van der Waals surface area contributed by atoms with E-state index in [0.717, 1.165) is 12.0 Å². The molecule has 0 saturated heterocycles. The molecule has 6 nitrogen and oxygen atoms in total.